The number of nitro groups is 1. The highest BCUT2D eigenvalue weighted by molar-refractivity contribution is 6.32. The Morgan fingerprint density at radius 3 is 3.00 bits per heavy atom. The van der Waals surface area contributed by atoms with Gasteiger partial charge in [-0.25, -0.2) is 4.98 Å². The van der Waals surface area contributed by atoms with Crippen molar-refractivity contribution in [3.05, 3.63) is 33.1 Å². The Morgan fingerprint density at radius 2 is 2.39 bits per heavy atom. The fourth-order valence-electron chi connectivity index (χ4n) is 1.26. The van der Waals surface area contributed by atoms with E-state index in [2.05, 4.69) is 10.3 Å². The second kappa shape index (κ2) is 6.87. The van der Waals surface area contributed by atoms with Crippen molar-refractivity contribution in [1.29, 1.82) is 0 Å². The molecule has 7 nitrogen and oxygen atoms in total. The van der Waals surface area contributed by atoms with Crippen LogP contribution in [0.5, 0.6) is 0 Å². The maximum Gasteiger partial charge on any atom is 0.319 e. The summed E-state index contributed by atoms with van der Waals surface area (Å²) < 4.78 is 5.03. The van der Waals surface area contributed by atoms with Gasteiger partial charge in [-0.15, -0.1) is 0 Å². The molecule has 0 atom stereocenters. The van der Waals surface area contributed by atoms with Gasteiger partial charge in [0.1, 0.15) is 5.56 Å². The van der Waals surface area contributed by atoms with Crippen LogP contribution in [-0.2, 0) is 4.74 Å². The van der Waals surface area contributed by atoms with Crippen molar-refractivity contribution in [2.24, 2.45) is 0 Å². The predicted molar refractivity (Wildman–Crippen MR) is 64.7 cm³/mol. The molecular weight excluding hydrogens is 262 g/mol. The van der Waals surface area contributed by atoms with Gasteiger partial charge in [0.15, 0.2) is 0 Å². The van der Waals surface area contributed by atoms with Crippen molar-refractivity contribution in [2.45, 2.75) is 6.92 Å². The molecule has 1 heterocycles. The topological polar surface area (TPSA) is 94.4 Å². The number of hydrogen-bond donors (Lipinski definition) is 1. The zero-order valence-corrected chi connectivity index (χ0v) is 10.4. The SMILES string of the molecule is CCOCCNC(=O)c1ccnc(Cl)c1[N+](=O)[O-]. The normalized spacial score (nSPS) is 10.1. The lowest BCUT2D eigenvalue weighted by molar-refractivity contribution is -0.385. The predicted octanol–water partition coefficient (Wildman–Crippen LogP) is 1.41. The highest BCUT2D eigenvalue weighted by Crippen LogP contribution is 2.25. The van der Waals surface area contributed by atoms with Crippen molar-refractivity contribution in [3.63, 3.8) is 0 Å². The summed E-state index contributed by atoms with van der Waals surface area (Å²) in [6, 6.07) is 1.25. The number of hydrogen-bond acceptors (Lipinski definition) is 5. The third-order valence-corrected chi connectivity index (χ3v) is 2.32. The smallest absolute Gasteiger partial charge is 0.319 e. The molecule has 98 valence electrons. The number of pyridine rings is 1. The van der Waals surface area contributed by atoms with E-state index in [1.54, 1.807) is 0 Å². The van der Waals surface area contributed by atoms with Gasteiger partial charge in [-0.3, -0.25) is 14.9 Å². The summed E-state index contributed by atoms with van der Waals surface area (Å²) in [5.41, 5.74) is -0.607. The molecule has 0 saturated heterocycles. The second-order valence-corrected chi connectivity index (χ2v) is 3.57. The summed E-state index contributed by atoms with van der Waals surface area (Å²) in [6.45, 7) is 2.98. The molecule has 0 fully saturated rings. The zero-order valence-electron chi connectivity index (χ0n) is 9.68. The monoisotopic (exact) mass is 273 g/mol. The number of ether oxygens (including phenoxy) is 1. The first-order chi connectivity index (χ1) is 8.57. The number of nitrogens with zero attached hydrogens (tertiary/aromatic N) is 2. The molecule has 0 radical (unpaired) electrons. The third-order valence-electron chi connectivity index (χ3n) is 2.04. The van der Waals surface area contributed by atoms with Crippen molar-refractivity contribution in [3.8, 4) is 0 Å². The van der Waals surface area contributed by atoms with Gasteiger partial charge in [0, 0.05) is 19.3 Å². The molecule has 1 aromatic rings. The Bertz CT molecular complexity index is 453. The lowest BCUT2D eigenvalue weighted by atomic mass is 10.2. The third kappa shape index (κ3) is 3.64. The maximum absolute atomic E-state index is 11.7. The molecule has 0 unspecified atom stereocenters. The maximum atomic E-state index is 11.7. The van der Waals surface area contributed by atoms with Gasteiger partial charge in [0.25, 0.3) is 5.91 Å². The minimum atomic E-state index is -0.729. The molecule has 0 aromatic carbocycles. The summed E-state index contributed by atoms with van der Waals surface area (Å²) in [4.78, 5) is 25.4. The second-order valence-electron chi connectivity index (χ2n) is 3.21. The van der Waals surface area contributed by atoms with E-state index in [4.69, 9.17) is 16.3 Å². The number of rotatable bonds is 6. The van der Waals surface area contributed by atoms with Gasteiger partial charge >= 0.3 is 5.69 Å². The van der Waals surface area contributed by atoms with Gasteiger partial charge < -0.3 is 10.1 Å². The van der Waals surface area contributed by atoms with E-state index >= 15 is 0 Å². The number of aromatic nitrogens is 1. The molecule has 0 aliphatic heterocycles. The minimum absolute atomic E-state index is 0.114. The Hall–Kier alpha value is -1.73. The quantitative estimate of drug-likeness (QED) is 0.366. The number of halogens is 1. The summed E-state index contributed by atoms with van der Waals surface area (Å²) in [6.07, 6.45) is 1.24. The van der Waals surface area contributed by atoms with E-state index in [0.29, 0.717) is 13.2 Å². The van der Waals surface area contributed by atoms with E-state index < -0.39 is 16.5 Å². The Labute approximate surface area is 108 Å². The minimum Gasteiger partial charge on any atom is -0.380 e. The van der Waals surface area contributed by atoms with Crippen LogP contribution in [-0.4, -0.2) is 35.6 Å². The van der Waals surface area contributed by atoms with E-state index in [1.165, 1.54) is 12.3 Å². The van der Waals surface area contributed by atoms with Crippen LogP contribution in [0.2, 0.25) is 5.15 Å². The highest BCUT2D eigenvalue weighted by atomic mass is 35.5. The van der Waals surface area contributed by atoms with Gasteiger partial charge in [0.2, 0.25) is 5.15 Å². The first-order valence-corrected chi connectivity index (χ1v) is 5.60. The lowest BCUT2D eigenvalue weighted by Gasteiger charge is -2.06. The van der Waals surface area contributed by atoms with Crippen LogP contribution in [0.4, 0.5) is 5.69 Å². The molecular formula is C10H12ClN3O4. The van der Waals surface area contributed by atoms with Crippen molar-refractivity contribution in [2.75, 3.05) is 19.8 Å². The van der Waals surface area contributed by atoms with Gasteiger partial charge in [-0.1, -0.05) is 11.6 Å². The molecule has 0 saturated carbocycles. The highest BCUT2D eigenvalue weighted by Gasteiger charge is 2.24. The van der Waals surface area contributed by atoms with Crippen LogP contribution in [0.15, 0.2) is 12.3 Å². The Morgan fingerprint density at radius 1 is 1.67 bits per heavy atom. The Balaban J connectivity index is 2.79. The standard InChI is InChI=1S/C10H12ClN3O4/c1-2-18-6-5-13-10(15)7-3-4-12-9(11)8(7)14(16)17/h3-4H,2,5-6H2,1H3,(H,13,15). The molecule has 8 heteroatoms. The summed E-state index contributed by atoms with van der Waals surface area (Å²) >= 11 is 5.59. The molecule has 0 aliphatic rings. The molecule has 0 bridgehead atoms. The van der Waals surface area contributed by atoms with E-state index in [9.17, 15) is 14.9 Å². The molecule has 18 heavy (non-hydrogen) atoms. The van der Waals surface area contributed by atoms with Gasteiger partial charge in [0.05, 0.1) is 11.5 Å². The van der Waals surface area contributed by atoms with Crippen molar-refractivity contribution < 1.29 is 14.5 Å². The van der Waals surface area contributed by atoms with E-state index in [1.807, 2.05) is 6.92 Å². The fourth-order valence-corrected chi connectivity index (χ4v) is 1.49. The first-order valence-electron chi connectivity index (χ1n) is 5.22. The van der Waals surface area contributed by atoms with Crippen molar-refractivity contribution >= 4 is 23.2 Å². The molecule has 0 aliphatic carbocycles. The molecule has 1 N–H and O–H groups in total. The fraction of sp³-hybridized carbons (Fsp3) is 0.400. The Kier molecular flexibility index (Phi) is 5.47. The van der Waals surface area contributed by atoms with Crippen molar-refractivity contribution in [1.82, 2.24) is 10.3 Å². The van der Waals surface area contributed by atoms with Crippen LogP contribution < -0.4 is 5.32 Å². The first kappa shape index (κ1) is 14.3. The average molecular weight is 274 g/mol. The molecule has 1 aromatic heterocycles. The lowest BCUT2D eigenvalue weighted by Crippen LogP contribution is -2.28. The summed E-state index contributed by atoms with van der Waals surface area (Å²) in [5.74, 6) is -0.578. The number of carbonyl (C=O) groups is 1. The van der Waals surface area contributed by atoms with Crippen LogP contribution in [0.1, 0.15) is 17.3 Å². The van der Waals surface area contributed by atoms with Crippen LogP contribution in [0.25, 0.3) is 0 Å². The molecule has 1 rings (SSSR count). The summed E-state index contributed by atoms with van der Waals surface area (Å²) in [5, 5.41) is 13.0. The zero-order chi connectivity index (χ0) is 13.5. The van der Waals surface area contributed by atoms with Crippen LogP contribution in [0, 0.1) is 10.1 Å². The summed E-state index contributed by atoms with van der Waals surface area (Å²) in [7, 11) is 0. The molecule has 1 amide bonds. The average Bonchev–Trinajstić information content (AvgIpc) is 2.33. The number of carbonyl (C=O) groups excluding carboxylic acids is 1. The largest absolute Gasteiger partial charge is 0.380 e. The van der Waals surface area contributed by atoms with Gasteiger partial charge in [-0.2, -0.15) is 0 Å². The molecule has 0 spiro atoms. The van der Waals surface area contributed by atoms with Crippen LogP contribution >= 0.6 is 11.6 Å². The number of nitrogens with one attached hydrogen (secondary N) is 1. The van der Waals surface area contributed by atoms with E-state index in [0.717, 1.165) is 0 Å². The van der Waals surface area contributed by atoms with E-state index in [-0.39, 0.29) is 17.3 Å². The van der Waals surface area contributed by atoms with Gasteiger partial charge in [-0.05, 0) is 13.0 Å². The number of amides is 1. The van der Waals surface area contributed by atoms with Crippen LogP contribution in [0.3, 0.4) is 0 Å².